The fourth-order valence-corrected chi connectivity index (χ4v) is 0.869. The molecule has 0 amide bonds. The Kier molecular flexibility index (Phi) is 3.89. The van der Waals surface area contributed by atoms with Crippen LogP contribution in [0, 0.1) is 17.7 Å². The highest BCUT2D eigenvalue weighted by atomic mass is 19.1. The van der Waals surface area contributed by atoms with E-state index in [9.17, 15) is 4.39 Å². The Bertz CT molecular complexity index is 365. The van der Waals surface area contributed by atoms with Crippen molar-refractivity contribution in [3.63, 3.8) is 0 Å². The quantitative estimate of drug-likeness (QED) is 0.538. The van der Waals surface area contributed by atoms with Gasteiger partial charge >= 0.3 is 0 Å². The van der Waals surface area contributed by atoms with E-state index in [-0.39, 0.29) is 5.82 Å². The molecule has 3 nitrogen and oxygen atoms in total. The number of nitrogens with two attached hydrogens (primary N) is 1. The Morgan fingerprint density at radius 1 is 1.64 bits per heavy atom. The number of nitrogens with zero attached hydrogens (tertiary/aromatic N) is 1. The summed E-state index contributed by atoms with van der Waals surface area (Å²) in [6.07, 6.45) is 2.19. The van der Waals surface area contributed by atoms with Gasteiger partial charge in [0.2, 0.25) is 0 Å². The number of anilines is 1. The summed E-state index contributed by atoms with van der Waals surface area (Å²) in [7, 11) is 1.85. The fourth-order valence-electron chi connectivity index (χ4n) is 0.869. The van der Waals surface area contributed by atoms with Gasteiger partial charge in [-0.2, -0.15) is 0 Å². The molecule has 4 heteroatoms. The largest absolute Gasteiger partial charge is 0.381 e. The van der Waals surface area contributed by atoms with E-state index in [4.69, 9.17) is 5.73 Å². The third-order valence-electron chi connectivity index (χ3n) is 1.60. The van der Waals surface area contributed by atoms with Crippen LogP contribution in [0.25, 0.3) is 0 Å². The molecule has 0 radical (unpaired) electrons. The van der Waals surface area contributed by atoms with Crippen molar-refractivity contribution in [2.24, 2.45) is 0 Å². The van der Waals surface area contributed by atoms with Crippen molar-refractivity contribution in [1.29, 1.82) is 0 Å². The third kappa shape index (κ3) is 3.04. The number of nitrogens with one attached hydrogen (secondary N) is 1. The van der Waals surface area contributed by atoms with Gasteiger partial charge in [-0.1, -0.05) is 11.8 Å². The number of rotatable bonds is 2. The second-order valence-electron chi connectivity index (χ2n) is 2.75. The van der Waals surface area contributed by atoms with Crippen molar-refractivity contribution >= 4 is 5.82 Å². The zero-order chi connectivity index (χ0) is 10.4. The average molecular weight is 193 g/mol. The summed E-state index contributed by atoms with van der Waals surface area (Å²) in [4.78, 5) is 3.66. The predicted octanol–water partition coefficient (Wildman–Crippen LogP) is 0.764. The molecule has 1 aromatic heterocycles. The van der Waals surface area contributed by atoms with E-state index in [1.807, 2.05) is 7.05 Å². The van der Waals surface area contributed by atoms with E-state index in [1.54, 1.807) is 0 Å². The second-order valence-corrected chi connectivity index (χ2v) is 2.75. The molecule has 3 N–H and O–H groups in total. The predicted molar refractivity (Wildman–Crippen MR) is 54.0 cm³/mol. The first kappa shape index (κ1) is 10.5. The van der Waals surface area contributed by atoms with Gasteiger partial charge in [0.25, 0.3) is 0 Å². The summed E-state index contributed by atoms with van der Waals surface area (Å²) < 4.78 is 12.9. The van der Waals surface area contributed by atoms with Gasteiger partial charge in [-0.05, 0) is 13.1 Å². The molecule has 0 saturated heterocycles. The van der Waals surface area contributed by atoms with Gasteiger partial charge in [0.1, 0.15) is 0 Å². The van der Waals surface area contributed by atoms with E-state index in [1.165, 1.54) is 12.3 Å². The highest BCUT2D eigenvalue weighted by Gasteiger charge is 1.98. The zero-order valence-electron chi connectivity index (χ0n) is 7.97. The standard InChI is InChI=1S/C10H12FN3/c1-13-5-3-2-4-8-6-9(11)10(12)14-7-8/h6-7,13H,3,5H2,1H3,(H2,12,14). The van der Waals surface area contributed by atoms with Gasteiger partial charge in [-0.3, -0.25) is 0 Å². The van der Waals surface area contributed by atoms with Crippen molar-refractivity contribution in [3.05, 3.63) is 23.6 Å². The lowest BCUT2D eigenvalue weighted by molar-refractivity contribution is 0.626. The van der Waals surface area contributed by atoms with Crippen molar-refractivity contribution in [2.45, 2.75) is 6.42 Å². The molecule has 0 fully saturated rings. The van der Waals surface area contributed by atoms with E-state index in [2.05, 4.69) is 22.1 Å². The van der Waals surface area contributed by atoms with Crippen LogP contribution in [0.5, 0.6) is 0 Å². The van der Waals surface area contributed by atoms with Crippen molar-refractivity contribution in [1.82, 2.24) is 10.3 Å². The summed E-state index contributed by atoms with van der Waals surface area (Å²) in [6, 6.07) is 1.29. The molecule has 1 rings (SSSR count). The molecule has 0 atom stereocenters. The molecule has 0 unspecified atom stereocenters. The Hall–Kier alpha value is -1.60. The maximum atomic E-state index is 12.9. The molecule has 0 aromatic carbocycles. The van der Waals surface area contributed by atoms with Crippen LogP contribution in [-0.2, 0) is 0 Å². The molecule has 0 aliphatic heterocycles. The molecule has 0 aliphatic rings. The number of hydrogen-bond donors (Lipinski definition) is 2. The molecule has 74 valence electrons. The molecule has 1 aromatic rings. The first-order valence-corrected chi connectivity index (χ1v) is 4.28. The lowest BCUT2D eigenvalue weighted by Crippen LogP contribution is -2.05. The smallest absolute Gasteiger partial charge is 0.166 e. The molecular formula is C10H12FN3. The van der Waals surface area contributed by atoms with Crippen LogP contribution in [-0.4, -0.2) is 18.6 Å². The first-order valence-electron chi connectivity index (χ1n) is 4.28. The third-order valence-corrected chi connectivity index (χ3v) is 1.60. The Morgan fingerprint density at radius 3 is 3.07 bits per heavy atom. The molecule has 0 spiro atoms. The number of halogens is 1. The molecule has 0 saturated carbocycles. The van der Waals surface area contributed by atoms with Crippen LogP contribution in [0.15, 0.2) is 12.3 Å². The van der Waals surface area contributed by atoms with Crippen LogP contribution < -0.4 is 11.1 Å². The lowest BCUT2D eigenvalue weighted by atomic mass is 10.2. The van der Waals surface area contributed by atoms with Crippen LogP contribution >= 0.6 is 0 Å². The molecule has 14 heavy (non-hydrogen) atoms. The number of nitrogen functional groups attached to an aromatic ring is 1. The average Bonchev–Trinajstić information content (AvgIpc) is 2.18. The summed E-state index contributed by atoms with van der Waals surface area (Å²) in [5.41, 5.74) is 5.77. The minimum absolute atomic E-state index is 0.0919. The fraction of sp³-hybridized carbons (Fsp3) is 0.300. The van der Waals surface area contributed by atoms with Gasteiger partial charge in [-0.15, -0.1) is 0 Å². The van der Waals surface area contributed by atoms with E-state index < -0.39 is 5.82 Å². The summed E-state index contributed by atoms with van der Waals surface area (Å²) in [6.45, 7) is 0.817. The van der Waals surface area contributed by atoms with Crippen molar-refractivity contribution < 1.29 is 4.39 Å². The van der Waals surface area contributed by atoms with Gasteiger partial charge in [-0.25, -0.2) is 9.37 Å². The van der Waals surface area contributed by atoms with Crippen LogP contribution in [0.3, 0.4) is 0 Å². The number of hydrogen-bond acceptors (Lipinski definition) is 3. The topological polar surface area (TPSA) is 50.9 Å². The SMILES string of the molecule is CNCCC#Cc1cnc(N)c(F)c1. The number of pyridine rings is 1. The second kappa shape index (κ2) is 5.20. The maximum Gasteiger partial charge on any atom is 0.166 e. The molecule has 1 heterocycles. The zero-order valence-corrected chi connectivity index (χ0v) is 7.97. The summed E-state index contributed by atoms with van der Waals surface area (Å²) in [5, 5.41) is 2.96. The van der Waals surface area contributed by atoms with Crippen LogP contribution in [0.2, 0.25) is 0 Å². The van der Waals surface area contributed by atoms with E-state index >= 15 is 0 Å². The Morgan fingerprint density at radius 2 is 2.43 bits per heavy atom. The number of aromatic nitrogens is 1. The van der Waals surface area contributed by atoms with E-state index in [0.29, 0.717) is 5.56 Å². The highest BCUT2D eigenvalue weighted by Crippen LogP contribution is 2.06. The minimum Gasteiger partial charge on any atom is -0.381 e. The van der Waals surface area contributed by atoms with Crippen molar-refractivity contribution in [2.75, 3.05) is 19.3 Å². The summed E-state index contributed by atoms with van der Waals surface area (Å²) >= 11 is 0. The first-order chi connectivity index (χ1) is 6.74. The minimum atomic E-state index is -0.523. The maximum absolute atomic E-state index is 12.9. The highest BCUT2D eigenvalue weighted by molar-refractivity contribution is 5.39. The Labute approximate surface area is 82.5 Å². The van der Waals surface area contributed by atoms with Crippen LogP contribution in [0.4, 0.5) is 10.2 Å². The van der Waals surface area contributed by atoms with Gasteiger partial charge < -0.3 is 11.1 Å². The van der Waals surface area contributed by atoms with Gasteiger partial charge in [0, 0.05) is 24.7 Å². The van der Waals surface area contributed by atoms with Crippen molar-refractivity contribution in [3.8, 4) is 11.8 Å². The monoisotopic (exact) mass is 193 g/mol. The molecular weight excluding hydrogens is 181 g/mol. The Balaban J connectivity index is 2.66. The molecule has 0 bridgehead atoms. The normalized spacial score (nSPS) is 9.29. The van der Waals surface area contributed by atoms with Gasteiger partial charge in [0.05, 0.1) is 0 Å². The molecule has 0 aliphatic carbocycles. The van der Waals surface area contributed by atoms with Crippen LogP contribution in [0.1, 0.15) is 12.0 Å². The van der Waals surface area contributed by atoms with E-state index in [0.717, 1.165) is 13.0 Å². The lowest BCUT2D eigenvalue weighted by Gasteiger charge is -1.94. The summed E-state index contributed by atoms with van der Waals surface area (Å²) in [5.74, 6) is 5.07. The van der Waals surface area contributed by atoms with Gasteiger partial charge in [0.15, 0.2) is 11.6 Å².